The third kappa shape index (κ3) is 3.59. The van der Waals surface area contributed by atoms with Crippen LogP contribution < -0.4 is 10.6 Å². The molecular weight excluding hydrogens is 438 g/mol. The second kappa shape index (κ2) is 8.19. The van der Waals surface area contributed by atoms with Crippen LogP contribution in [0.2, 0.25) is 0 Å². The SMILES string of the molecule is CC1(N2C(=O)c3ccc(C(=O)NCCc4cn5c(n4)CCCC5)cc3C2=O)CCC(=O)NC1=O. The van der Waals surface area contributed by atoms with Crippen LogP contribution in [0, 0.1) is 0 Å². The van der Waals surface area contributed by atoms with Crippen molar-refractivity contribution in [3.63, 3.8) is 0 Å². The highest BCUT2D eigenvalue weighted by Gasteiger charge is 2.52. The lowest BCUT2D eigenvalue weighted by Gasteiger charge is -2.38. The van der Waals surface area contributed by atoms with Gasteiger partial charge in [-0.05, 0) is 44.4 Å². The Morgan fingerprint density at radius 3 is 2.68 bits per heavy atom. The van der Waals surface area contributed by atoms with Gasteiger partial charge in [0.05, 0.1) is 16.8 Å². The number of nitrogens with zero attached hydrogens (tertiary/aromatic N) is 3. The van der Waals surface area contributed by atoms with Gasteiger partial charge in [-0.3, -0.25) is 34.2 Å². The van der Waals surface area contributed by atoms with Crippen LogP contribution >= 0.6 is 0 Å². The van der Waals surface area contributed by atoms with E-state index in [1.807, 2.05) is 6.20 Å². The average Bonchev–Trinajstić information content (AvgIpc) is 3.34. The summed E-state index contributed by atoms with van der Waals surface area (Å²) in [6.45, 7) is 2.83. The van der Waals surface area contributed by atoms with Crippen molar-refractivity contribution in [1.82, 2.24) is 25.1 Å². The summed E-state index contributed by atoms with van der Waals surface area (Å²) in [5, 5.41) is 5.04. The van der Waals surface area contributed by atoms with Crippen molar-refractivity contribution in [2.75, 3.05) is 6.54 Å². The smallest absolute Gasteiger partial charge is 0.262 e. The Morgan fingerprint density at radius 1 is 1.12 bits per heavy atom. The molecule has 10 nitrogen and oxygen atoms in total. The lowest BCUT2D eigenvalue weighted by atomic mass is 9.89. The lowest BCUT2D eigenvalue weighted by Crippen LogP contribution is -2.62. The minimum atomic E-state index is -1.47. The molecule has 1 atom stereocenters. The summed E-state index contributed by atoms with van der Waals surface area (Å²) < 4.78 is 2.17. The van der Waals surface area contributed by atoms with Gasteiger partial charge in [-0.25, -0.2) is 4.98 Å². The molecule has 1 aromatic heterocycles. The number of carbonyl (C=O) groups excluding carboxylic acids is 5. The van der Waals surface area contributed by atoms with E-state index >= 15 is 0 Å². The van der Waals surface area contributed by atoms with E-state index in [1.165, 1.54) is 25.1 Å². The quantitative estimate of drug-likeness (QED) is 0.636. The van der Waals surface area contributed by atoms with Crippen LogP contribution in [0.5, 0.6) is 0 Å². The van der Waals surface area contributed by atoms with Crippen LogP contribution in [0.3, 0.4) is 0 Å². The molecule has 2 N–H and O–H groups in total. The maximum atomic E-state index is 13.1. The minimum Gasteiger partial charge on any atom is -0.352 e. The first kappa shape index (κ1) is 22.0. The number of imide groups is 2. The molecular formula is C24H25N5O5. The number of rotatable bonds is 5. The fourth-order valence-corrected chi connectivity index (χ4v) is 4.84. The fourth-order valence-electron chi connectivity index (χ4n) is 4.84. The van der Waals surface area contributed by atoms with Crippen LogP contribution in [0.25, 0.3) is 0 Å². The van der Waals surface area contributed by atoms with E-state index in [1.54, 1.807) is 0 Å². The van der Waals surface area contributed by atoms with Crippen LogP contribution in [-0.2, 0) is 29.0 Å². The largest absolute Gasteiger partial charge is 0.352 e. The Bertz CT molecular complexity index is 1220. The normalized spacial score (nSPS) is 21.9. The maximum Gasteiger partial charge on any atom is 0.262 e. The number of imidazole rings is 1. The van der Waals surface area contributed by atoms with E-state index in [9.17, 15) is 24.0 Å². The number of amides is 5. The first-order valence-corrected chi connectivity index (χ1v) is 11.5. The third-order valence-electron chi connectivity index (χ3n) is 6.85. The number of hydrogen-bond acceptors (Lipinski definition) is 6. The van der Waals surface area contributed by atoms with Crippen molar-refractivity contribution in [3.05, 3.63) is 52.6 Å². The van der Waals surface area contributed by atoms with Gasteiger partial charge in [-0.1, -0.05) is 0 Å². The molecule has 5 rings (SSSR count). The zero-order chi connectivity index (χ0) is 24.0. The van der Waals surface area contributed by atoms with Gasteiger partial charge in [0.1, 0.15) is 11.4 Å². The van der Waals surface area contributed by atoms with Gasteiger partial charge in [0.15, 0.2) is 0 Å². The molecule has 1 aromatic carbocycles. The van der Waals surface area contributed by atoms with Crippen molar-refractivity contribution in [2.45, 2.75) is 57.5 Å². The maximum absolute atomic E-state index is 13.1. The third-order valence-corrected chi connectivity index (χ3v) is 6.85. The summed E-state index contributed by atoms with van der Waals surface area (Å²) in [6, 6.07) is 4.31. The van der Waals surface area contributed by atoms with Gasteiger partial charge in [-0.15, -0.1) is 0 Å². The van der Waals surface area contributed by atoms with Gasteiger partial charge < -0.3 is 9.88 Å². The van der Waals surface area contributed by atoms with E-state index in [-0.39, 0.29) is 35.4 Å². The van der Waals surface area contributed by atoms with Crippen molar-refractivity contribution in [2.24, 2.45) is 0 Å². The number of aromatic nitrogens is 2. The van der Waals surface area contributed by atoms with Crippen LogP contribution in [0.4, 0.5) is 0 Å². The number of benzene rings is 1. The predicted octanol–water partition coefficient (Wildman–Crippen LogP) is 0.983. The van der Waals surface area contributed by atoms with Crippen LogP contribution in [0.1, 0.15) is 75.2 Å². The van der Waals surface area contributed by atoms with Gasteiger partial charge in [-0.2, -0.15) is 0 Å². The fraction of sp³-hybridized carbons (Fsp3) is 0.417. The Labute approximate surface area is 195 Å². The van der Waals surface area contributed by atoms with E-state index in [2.05, 4.69) is 20.2 Å². The molecule has 0 bridgehead atoms. The molecule has 1 saturated heterocycles. The topological polar surface area (TPSA) is 130 Å². The highest BCUT2D eigenvalue weighted by atomic mass is 16.2. The Morgan fingerprint density at radius 2 is 1.91 bits per heavy atom. The van der Waals surface area contributed by atoms with Crippen molar-refractivity contribution < 1.29 is 24.0 Å². The molecule has 0 saturated carbocycles. The molecule has 5 amide bonds. The average molecular weight is 463 g/mol. The summed E-state index contributed by atoms with van der Waals surface area (Å²) in [7, 11) is 0. The zero-order valence-electron chi connectivity index (χ0n) is 18.8. The molecule has 2 aromatic rings. The van der Waals surface area contributed by atoms with E-state index < -0.39 is 29.2 Å². The second-order valence-electron chi connectivity index (χ2n) is 9.16. The summed E-state index contributed by atoms with van der Waals surface area (Å²) in [5.74, 6) is -1.65. The van der Waals surface area contributed by atoms with Gasteiger partial charge in [0, 0.05) is 44.1 Å². The van der Waals surface area contributed by atoms with Gasteiger partial charge >= 0.3 is 0 Å². The minimum absolute atomic E-state index is 0.0308. The molecule has 10 heteroatoms. The van der Waals surface area contributed by atoms with E-state index in [0.29, 0.717) is 13.0 Å². The van der Waals surface area contributed by atoms with Crippen molar-refractivity contribution in [1.29, 1.82) is 0 Å². The van der Waals surface area contributed by atoms with Crippen LogP contribution in [0.15, 0.2) is 24.4 Å². The number of aryl methyl sites for hydroxylation is 2. The summed E-state index contributed by atoms with van der Waals surface area (Å²) in [5.41, 5.74) is -0.0754. The van der Waals surface area contributed by atoms with E-state index in [0.717, 1.165) is 42.2 Å². The van der Waals surface area contributed by atoms with Gasteiger partial charge in [0.25, 0.3) is 23.6 Å². The summed E-state index contributed by atoms with van der Waals surface area (Å²) >= 11 is 0. The highest BCUT2D eigenvalue weighted by molar-refractivity contribution is 6.24. The Balaban J connectivity index is 1.27. The van der Waals surface area contributed by atoms with Gasteiger partial charge in [0.2, 0.25) is 5.91 Å². The zero-order valence-corrected chi connectivity index (χ0v) is 18.8. The number of fused-ring (bicyclic) bond motifs is 2. The molecule has 4 heterocycles. The Hall–Kier alpha value is -3.82. The standard InChI is InChI=1S/C24H25N5O5/c1-24(9-7-19(30)27-23(24)34)29-21(32)16-6-5-14(12-17(16)22(29)33)20(31)25-10-8-15-13-28-11-3-2-4-18(28)26-15/h5-6,12-13H,2-4,7-11H2,1H3,(H,25,31)(H,27,30,34). The van der Waals surface area contributed by atoms with Crippen molar-refractivity contribution in [3.8, 4) is 0 Å². The van der Waals surface area contributed by atoms with E-state index in [4.69, 9.17) is 0 Å². The molecule has 3 aliphatic heterocycles. The Kier molecular flexibility index (Phi) is 5.30. The lowest BCUT2D eigenvalue weighted by molar-refractivity contribution is -0.140. The summed E-state index contributed by atoms with van der Waals surface area (Å²) in [4.78, 5) is 68.3. The first-order chi connectivity index (χ1) is 16.3. The summed E-state index contributed by atoms with van der Waals surface area (Å²) in [6.07, 6.45) is 5.97. The second-order valence-corrected chi connectivity index (χ2v) is 9.16. The number of piperidine rings is 1. The molecule has 0 aliphatic carbocycles. The molecule has 0 spiro atoms. The molecule has 1 fully saturated rings. The highest BCUT2D eigenvalue weighted by Crippen LogP contribution is 2.34. The number of nitrogens with one attached hydrogen (secondary N) is 2. The molecule has 0 radical (unpaired) electrons. The number of hydrogen-bond donors (Lipinski definition) is 2. The molecule has 3 aliphatic rings. The monoisotopic (exact) mass is 463 g/mol. The van der Waals surface area contributed by atoms with Crippen molar-refractivity contribution >= 4 is 29.5 Å². The van der Waals surface area contributed by atoms with Crippen LogP contribution in [-0.4, -0.2) is 56.1 Å². The molecule has 34 heavy (non-hydrogen) atoms. The molecule has 176 valence electrons. The predicted molar refractivity (Wildman–Crippen MR) is 119 cm³/mol. The molecule has 1 unspecified atom stereocenters. The number of carbonyl (C=O) groups is 5. The first-order valence-electron chi connectivity index (χ1n) is 11.5.